The summed E-state index contributed by atoms with van der Waals surface area (Å²) in [5.74, 6) is -0.926. The number of thiophene rings is 1. The number of carbonyl (C=O) groups excluding carboxylic acids is 3. The Labute approximate surface area is 210 Å². The van der Waals surface area contributed by atoms with Gasteiger partial charge in [-0.3, -0.25) is 4.79 Å². The van der Waals surface area contributed by atoms with Crippen LogP contribution in [-0.4, -0.2) is 24.5 Å². The van der Waals surface area contributed by atoms with Crippen molar-refractivity contribution < 1.29 is 23.9 Å². The smallest absolute Gasteiger partial charge is 0.341 e. The van der Waals surface area contributed by atoms with Crippen LogP contribution in [0.25, 0.3) is 0 Å². The fourth-order valence-corrected chi connectivity index (χ4v) is 5.83. The monoisotopic (exact) mass is 493 g/mol. The summed E-state index contributed by atoms with van der Waals surface area (Å²) < 4.78 is 11.1. The van der Waals surface area contributed by atoms with Crippen LogP contribution in [0.3, 0.4) is 0 Å². The van der Waals surface area contributed by atoms with Gasteiger partial charge in [-0.05, 0) is 57.4 Å². The summed E-state index contributed by atoms with van der Waals surface area (Å²) in [7, 11) is 0. The molecule has 2 aromatic rings. The standard InChI is InChI=1S/C28H31NO5S/c1-4-33-28(32)23-21-15-12-18(3)16-22(21)35-26(23)29-25(30)24(19-8-6-5-7-9-19)34-27(31)20-13-10-17(2)11-14-20/h5-10,13,18,24H,4,11-12,14-16H2,1-3H3,(H,29,30)/t18-,24+/m1/s1. The molecule has 0 saturated carbocycles. The number of hydrogen-bond donors (Lipinski definition) is 1. The first-order valence-corrected chi connectivity index (χ1v) is 12.9. The van der Waals surface area contributed by atoms with Crippen molar-refractivity contribution in [1.29, 1.82) is 0 Å². The number of anilines is 1. The van der Waals surface area contributed by atoms with Crippen molar-refractivity contribution in [2.24, 2.45) is 5.92 Å². The summed E-state index contributed by atoms with van der Waals surface area (Å²) in [6, 6.07) is 8.94. The molecule has 2 aliphatic carbocycles. The number of carbonyl (C=O) groups is 3. The summed E-state index contributed by atoms with van der Waals surface area (Å²) in [5.41, 5.74) is 3.69. The predicted molar refractivity (Wildman–Crippen MR) is 136 cm³/mol. The minimum atomic E-state index is -1.15. The highest BCUT2D eigenvalue weighted by molar-refractivity contribution is 7.17. The predicted octanol–water partition coefficient (Wildman–Crippen LogP) is 5.94. The first-order chi connectivity index (χ1) is 16.9. The first-order valence-electron chi connectivity index (χ1n) is 12.1. The Morgan fingerprint density at radius 3 is 2.54 bits per heavy atom. The number of esters is 2. The molecule has 0 unspecified atom stereocenters. The Bertz CT molecular complexity index is 1180. The molecule has 6 nitrogen and oxygen atoms in total. The van der Waals surface area contributed by atoms with E-state index in [1.165, 1.54) is 16.9 Å². The molecular weight excluding hydrogens is 462 g/mol. The van der Waals surface area contributed by atoms with Gasteiger partial charge in [0.25, 0.3) is 5.91 Å². The van der Waals surface area contributed by atoms with E-state index in [0.717, 1.165) is 36.1 Å². The largest absolute Gasteiger partial charge is 0.462 e. The van der Waals surface area contributed by atoms with Gasteiger partial charge < -0.3 is 14.8 Å². The molecule has 35 heavy (non-hydrogen) atoms. The maximum atomic E-state index is 13.5. The Morgan fingerprint density at radius 2 is 1.86 bits per heavy atom. The number of fused-ring (bicyclic) bond motifs is 1. The number of ether oxygens (including phenoxy) is 2. The SMILES string of the molecule is CCOC(=O)c1c(NC(=O)[C@@H](OC(=O)C2=CC=C(C)CC2)c2ccccc2)sc2c1CC[C@@H](C)C2. The highest BCUT2D eigenvalue weighted by atomic mass is 32.1. The molecule has 0 bridgehead atoms. The summed E-state index contributed by atoms with van der Waals surface area (Å²) in [6.45, 7) is 6.22. The zero-order chi connectivity index (χ0) is 24.9. The summed E-state index contributed by atoms with van der Waals surface area (Å²) >= 11 is 1.42. The van der Waals surface area contributed by atoms with E-state index in [9.17, 15) is 14.4 Å². The number of amides is 1. The number of benzene rings is 1. The minimum Gasteiger partial charge on any atom is -0.462 e. The van der Waals surface area contributed by atoms with Gasteiger partial charge in [-0.2, -0.15) is 0 Å². The molecule has 2 aliphatic rings. The van der Waals surface area contributed by atoms with Crippen LogP contribution >= 0.6 is 11.3 Å². The van der Waals surface area contributed by atoms with Crippen LogP contribution in [0.4, 0.5) is 5.00 Å². The maximum Gasteiger partial charge on any atom is 0.341 e. The van der Waals surface area contributed by atoms with Crippen molar-refractivity contribution in [3.05, 3.63) is 75.2 Å². The van der Waals surface area contributed by atoms with Crippen LogP contribution < -0.4 is 5.32 Å². The van der Waals surface area contributed by atoms with Gasteiger partial charge in [0.1, 0.15) is 5.00 Å². The van der Waals surface area contributed by atoms with Crippen molar-refractivity contribution in [3.63, 3.8) is 0 Å². The lowest BCUT2D eigenvalue weighted by Crippen LogP contribution is -2.27. The summed E-state index contributed by atoms with van der Waals surface area (Å²) in [5, 5.41) is 3.36. The molecule has 4 rings (SSSR count). The van der Waals surface area contributed by atoms with E-state index < -0.39 is 23.9 Å². The van der Waals surface area contributed by atoms with Crippen molar-refractivity contribution in [3.8, 4) is 0 Å². The summed E-state index contributed by atoms with van der Waals surface area (Å²) in [6.07, 6.45) is 6.49. The third-order valence-corrected chi connectivity index (χ3v) is 7.58. The molecule has 2 atom stereocenters. The molecule has 1 N–H and O–H groups in total. The van der Waals surface area contributed by atoms with Crippen LogP contribution in [0.2, 0.25) is 0 Å². The average Bonchev–Trinajstić information content (AvgIpc) is 3.20. The molecule has 184 valence electrons. The molecule has 0 saturated heterocycles. The number of nitrogens with one attached hydrogen (secondary N) is 1. The molecule has 0 aliphatic heterocycles. The van der Waals surface area contributed by atoms with E-state index in [2.05, 4.69) is 12.2 Å². The van der Waals surface area contributed by atoms with E-state index in [0.29, 0.717) is 34.0 Å². The molecule has 1 aromatic carbocycles. The van der Waals surface area contributed by atoms with Crippen molar-refractivity contribution in [2.45, 2.75) is 59.0 Å². The van der Waals surface area contributed by atoms with E-state index >= 15 is 0 Å². The first kappa shape index (κ1) is 24.9. The summed E-state index contributed by atoms with van der Waals surface area (Å²) in [4.78, 5) is 40.4. The zero-order valence-corrected chi connectivity index (χ0v) is 21.2. The van der Waals surface area contributed by atoms with Crippen LogP contribution in [0.1, 0.15) is 72.5 Å². The maximum absolute atomic E-state index is 13.5. The average molecular weight is 494 g/mol. The van der Waals surface area contributed by atoms with Gasteiger partial charge in [0.05, 0.1) is 12.2 Å². The van der Waals surface area contributed by atoms with Gasteiger partial charge in [-0.1, -0.05) is 55.0 Å². The molecule has 1 aromatic heterocycles. The van der Waals surface area contributed by atoms with E-state index in [4.69, 9.17) is 9.47 Å². The molecular formula is C28H31NO5S. The molecule has 0 radical (unpaired) electrons. The highest BCUT2D eigenvalue weighted by Crippen LogP contribution is 2.40. The van der Waals surface area contributed by atoms with Gasteiger partial charge in [-0.15, -0.1) is 11.3 Å². The third kappa shape index (κ3) is 5.73. The van der Waals surface area contributed by atoms with Gasteiger partial charge in [0.15, 0.2) is 0 Å². The van der Waals surface area contributed by atoms with Gasteiger partial charge >= 0.3 is 11.9 Å². The molecule has 0 spiro atoms. The van der Waals surface area contributed by atoms with E-state index in [1.807, 2.05) is 19.1 Å². The molecule has 1 amide bonds. The molecule has 1 heterocycles. The molecule has 7 heteroatoms. The van der Waals surface area contributed by atoms with Gasteiger partial charge in [0, 0.05) is 16.0 Å². The second-order valence-electron chi connectivity index (χ2n) is 9.17. The Morgan fingerprint density at radius 1 is 1.09 bits per heavy atom. The normalized spacial score (nSPS) is 18.0. The van der Waals surface area contributed by atoms with E-state index in [1.54, 1.807) is 37.3 Å². The van der Waals surface area contributed by atoms with Gasteiger partial charge in [0.2, 0.25) is 6.10 Å². The fraction of sp³-hybridized carbons (Fsp3) is 0.393. The Balaban J connectivity index is 1.63. The second kappa shape index (κ2) is 11.0. The quantitative estimate of drug-likeness (QED) is 0.483. The number of rotatable bonds is 7. The van der Waals surface area contributed by atoms with Crippen LogP contribution in [0.5, 0.6) is 0 Å². The molecule has 0 fully saturated rings. The van der Waals surface area contributed by atoms with E-state index in [-0.39, 0.29) is 6.61 Å². The van der Waals surface area contributed by atoms with Crippen LogP contribution in [0.15, 0.2) is 53.6 Å². The topological polar surface area (TPSA) is 81.7 Å². The second-order valence-corrected chi connectivity index (χ2v) is 10.3. The fourth-order valence-electron chi connectivity index (χ4n) is 4.43. The third-order valence-electron chi connectivity index (χ3n) is 6.41. The highest BCUT2D eigenvalue weighted by Gasteiger charge is 2.32. The van der Waals surface area contributed by atoms with Crippen LogP contribution in [-0.2, 0) is 31.9 Å². The lowest BCUT2D eigenvalue weighted by molar-refractivity contribution is -0.151. The lowest BCUT2D eigenvalue weighted by atomic mass is 9.88. The lowest BCUT2D eigenvalue weighted by Gasteiger charge is -2.20. The number of hydrogen-bond acceptors (Lipinski definition) is 6. The Hall–Kier alpha value is -3.19. The number of allylic oxidation sites excluding steroid dienone is 3. The van der Waals surface area contributed by atoms with Crippen molar-refractivity contribution in [1.82, 2.24) is 0 Å². The van der Waals surface area contributed by atoms with Crippen molar-refractivity contribution >= 4 is 34.2 Å². The zero-order valence-electron chi connectivity index (χ0n) is 20.4. The van der Waals surface area contributed by atoms with Crippen LogP contribution in [0, 0.1) is 5.92 Å². The van der Waals surface area contributed by atoms with Gasteiger partial charge in [-0.25, -0.2) is 9.59 Å². The minimum absolute atomic E-state index is 0.251. The van der Waals surface area contributed by atoms with Crippen molar-refractivity contribution in [2.75, 3.05) is 11.9 Å². The Kier molecular flexibility index (Phi) is 7.86.